The molecule has 0 aliphatic carbocycles. The molecule has 7 heteroatoms. The minimum atomic E-state index is 0.0890. The summed E-state index contributed by atoms with van der Waals surface area (Å²) in [5, 5.41) is 14.2. The molecule has 2 unspecified atom stereocenters. The van der Waals surface area contributed by atoms with Gasteiger partial charge >= 0.3 is 0 Å². The molecular formula is C18H28N4O3. The number of morpholine rings is 1. The summed E-state index contributed by atoms with van der Waals surface area (Å²) in [5.41, 5.74) is 1.86. The third-order valence-corrected chi connectivity index (χ3v) is 5.91. The van der Waals surface area contributed by atoms with Crippen LogP contribution >= 0.6 is 0 Å². The first-order chi connectivity index (χ1) is 12.3. The molecule has 25 heavy (non-hydrogen) atoms. The number of nitrogens with zero attached hydrogens (tertiary/aromatic N) is 4. The number of aliphatic hydroxyl groups excluding tert-OH is 1. The van der Waals surface area contributed by atoms with Gasteiger partial charge < -0.3 is 14.7 Å². The molecule has 0 spiro atoms. The van der Waals surface area contributed by atoms with Gasteiger partial charge in [-0.15, -0.1) is 0 Å². The predicted octanol–water partition coefficient (Wildman–Crippen LogP) is 0.232. The minimum absolute atomic E-state index is 0.0890. The van der Waals surface area contributed by atoms with Gasteiger partial charge in [-0.25, -0.2) is 0 Å². The highest BCUT2D eigenvalue weighted by molar-refractivity contribution is 5.95. The first-order valence-corrected chi connectivity index (χ1v) is 9.51. The van der Waals surface area contributed by atoms with Crippen LogP contribution in [-0.2, 0) is 17.7 Å². The second-order valence-electron chi connectivity index (χ2n) is 7.51. The summed E-state index contributed by atoms with van der Waals surface area (Å²) in [6.07, 6.45) is 4.95. The Bertz CT molecular complexity index is 611. The van der Waals surface area contributed by atoms with E-state index in [2.05, 4.69) is 10.00 Å². The fraction of sp³-hybridized carbons (Fsp3) is 0.778. The number of fused-ring (bicyclic) bond motifs is 1. The largest absolute Gasteiger partial charge is 0.396 e. The van der Waals surface area contributed by atoms with E-state index in [4.69, 9.17) is 4.74 Å². The number of aliphatic hydroxyl groups is 1. The number of rotatable bonds is 4. The number of ether oxygens (including phenoxy) is 1. The molecule has 3 aliphatic rings. The van der Waals surface area contributed by atoms with Gasteiger partial charge in [0.1, 0.15) is 0 Å². The van der Waals surface area contributed by atoms with Crippen LogP contribution in [0.2, 0.25) is 0 Å². The average Bonchev–Trinajstić information content (AvgIpc) is 3.26. The maximum Gasteiger partial charge on any atom is 0.257 e. The summed E-state index contributed by atoms with van der Waals surface area (Å²) < 4.78 is 7.40. The van der Waals surface area contributed by atoms with Crippen molar-refractivity contribution in [3.8, 4) is 0 Å². The molecule has 3 aliphatic heterocycles. The highest BCUT2D eigenvalue weighted by Gasteiger charge is 2.37. The van der Waals surface area contributed by atoms with E-state index in [0.29, 0.717) is 12.5 Å². The maximum atomic E-state index is 13.0. The van der Waals surface area contributed by atoms with Crippen molar-refractivity contribution in [3.63, 3.8) is 0 Å². The lowest BCUT2D eigenvalue weighted by atomic mass is 9.96. The zero-order valence-corrected chi connectivity index (χ0v) is 14.8. The van der Waals surface area contributed by atoms with Crippen LogP contribution in [0, 0.1) is 11.8 Å². The molecule has 0 bridgehead atoms. The monoisotopic (exact) mass is 348 g/mol. The van der Waals surface area contributed by atoms with Gasteiger partial charge in [0.05, 0.1) is 30.7 Å². The Morgan fingerprint density at radius 2 is 2.00 bits per heavy atom. The quantitative estimate of drug-likeness (QED) is 0.844. The van der Waals surface area contributed by atoms with E-state index in [1.165, 1.54) is 0 Å². The lowest BCUT2D eigenvalue weighted by Crippen LogP contribution is -2.41. The highest BCUT2D eigenvalue weighted by Crippen LogP contribution is 2.27. The van der Waals surface area contributed by atoms with Crippen LogP contribution in [0.3, 0.4) is 0 Å². The third-order valence-electron chi connectivity index (χ3n) is 5.91. The molecule has 138 valence electrons. The Hall–Kier alpha value is -1.44. The summed E-state index contributed by atoms with van der Waals surface area (Å²) >= 11 is 0. The van der Waals surface area contributed by atoms with Crippen LogP contribution < -0.4 is 0 Å². The summed E-state index contributed by atoms with van der Waals surface area (Å²) in [4.78, 5) is 17.4. The number of hydrogen-bond donors (Lipinski definition) is 1. The third kappa shape index (κ3) is 3.45. The van der Waals surface area contributed by atoms with Crippen molar-refractivity contribution >= 4 is 5.91 Å². The fourth-order valence-electron chi connectivity index (χ4n) is 4.40. The molecule has 1 amide bonds. The lowest BCUT2D eigenvalue weighted by molar-refractivity contribution is 0.0264. The van der Waals surface area contributed by atoms with Crippen LogP contribution in [0.5, 0.6) is 0 Å². The zero-order chi connectivity index (χ0) is 17.2. The van der Waals surface area contributed by atoms with E-state index in [0.717, 1.165) is 76.5 Å². The standard InChI is InChI=1S/C18H28N4O3/c23-13-15-12-21(11-14(15)10-20-5-7-25-8-6-20)18(24)16-9-19-22-4-2-1-3-17(16)22/h9,14-15,23H,1-8,10-13H2. The van der Waals surface area contributed by atoms with Crippen molar-refractivity contribution < 1.29 is 14.6 Å². The molecule has 4 heterocycles. The van der Waals surface area contributed by atoms with Crippen molar-refractivity contribution in [2.75, 3.05) is 52.5 Å². The average molecular weight is 348 g/mol. The molecule has 2 fully saturated rings. The van der Waals surface area contributed by atoms with Crippen LogP contribution in [0.1, 0.15) is 28.9 Å². The number of aryl methyl sites for hydroxylation is 1. The topological polar surface area (TPSA) is 70.8 Å². The minimum Gasteiger partial charge on any atom is -0.396 e. The second-order valence-corrected chi connectivity index (χ2v) is 7.51. The first kappa shape index (κ1) is 17.0. The predicted molar refractivity (Wildman–Crippen MR) is 92.4 cm³/mol. The molecular weight excluding hydrogens is 320 g/mol. The van der Waals surface area contributed by atoms with Crippen molar-refractivity contribution in [3.05, 3.63) is 17.5 Å². The van der Waals surface area contributed by atoms with E-state index in [1.807, 2.05) is 9.58 Å². The Labute approximate surface area is 148 Å². The molecule has 0 saturated carbocycles. The summed E-state index contributed by atoms with van der Waals surface area (Å²) in [6.45, 7) is 6.82. The number of carbonyl (C=O) groups is 1. The maximum absolute atomic E-state index is 13.0. The van der Waals surface area contributed by atoms with Crippen molar-refractivity contribution in [2.24, 2.45) is 11.8 Å². The number of hydrogen-bond acceptors (Lipinski definition) is 5. The van der Waals surface area contributed by atoms with E-state index in [9.17, 15) is 9.90 Å². The molecule has 0 radical (unpaired) electrons. The van der Waals surface area contributed by atoms with Crippen molar-refractivity contribution in [1.29, 1.82) is 0 Å². The number of amides is 1. The molecule has 1 aromatic rings. The summed E-state index contributed by atoms with van der Waals surface area (Å²) in [5.74, 6) is 0.586. The van der Waals surface area contributed by atoms with Gasteiger partial charge in [-0.05, 0) is 25.2 Å². The normalized spacial score (nSPS) is 27.5. The molecule has 1 N–H and O–H groups in total. The first-order valence-electron chi connectivity index (χ1n) is 9.51. The Morgan fingerprint density at radius 1 is 1.20 bits per heavy atom. The van der Waals surface area contributed by atoms with Gasteiger partial charge in [-0.2, -0.15) is 5.10 Å². The fourth-order valence-corrected chi connectivity index (χ4v) is 4.40. The van der Waals surface area contributed by atoms with Crippen molar-refractivity contribution in [1.82, 2.24) is 19.6 Å². The van der Waals surface area contributed by atoms with Crippen LogP contribution in [0.15, 0.2) is 6.20 Å². The van der Waals surface area contributed by atoms with E-state index in [-0.39, 0.29) is 18.4 Å². The van der Waals surface area contributed by atoms with Gasteiger partial charge in [0.2, 0.25) is 0 Å². The molecule has 2 atom stereocenters. The van der Waals surface area contributed by atoms with Gasteiger partial charge in [0.15, 0.2) is 0 Å². The van der Waals surface area contributed by atoms with Crippen LogP contribution in [0.25, 0.3) is 0 Å². The van der Waals surface area contributed by atoms with Gasteiger partial charge in [0, 0.05) is 51.8 Å². The SMILES string of the molecule is O=C(c1cnn2c1CCCC2)N1CC(CO)C(CN2CCOCC2)C1. The molecule has 1 aromatic heterocycles. The highest BCUT2D eigenvalue weighted by atomic mass is 16.5. The molecule has 4 rings (SSSR count). The summed E-state index contributed by atoms with van der Waals surface area (Å²) in [7, 11) is 0. The number of carbonyl (C=O) groups excluding carboxylic acids is 1. The Morgan fingerprint density at radius 3 is 2.80 bits per heavy atom. The van der Waals surface area contributed by atoms with Crippen LogP contribution in [-0.4, -0.2) is 83.1 Å². The molecule has 0 aromatic carbocycles. The van der Waals surface area contributed by atoms with Gasteiger partial charge in [-0.3, -0.25) is 14.4 Å². The number of likely N-dealkylation sites (tertiary alicyclic amines) is 1. The second kappa shape index (κ2) is 7.43. The summed E-state index contributed by atoms with van der Waals surface area (Å²) in [6, 6.07) is 0. The van der Waals surface area contributed by atoms with Gasteiger partial charge in [0.25, 0.3) is 5.91 Å². The van der Waals surface area contributed by atoms with E-state index >= 15 is 0 Å². The van der Waals surface area contributed by atoms with Crippen LogP contribution in [0.4, 0.5) is 0 Å². The van der Waals surface area contributed by atoms with Crippen molar-refractivity contribution in [2.45, 2.75) is 25.8 Å². The lowest BCUT2D eigenvalue weighted by Gasteiger charge is -2.30. The number of aromatic nitrogens is 2. The van der Waals surface area contributed by atoms with Gasteiger partial charge in [-0.1, -0.05) is 0 Å². The molecule has 2 saturated heterocycles. The van der Waals surface area contributed by atoms with E-state index < -0.39 is 0 Å². The van der Waals surface area contributed by atoms with E-state index in [1.54, 1.807) is 6.20 Å². The zero-order valence-electron chi connectivity index (χ0n) is 14.8. The Kier molecular flexibility index (Phi) is 5.05. The Balaban J connectivity index is 1.44. The smallest absolute Gasteiger partial charge is 0.257 e. The molecule has 7 nitrogen and oxygen atoms in total.